The molecular weight excluding hydrogens is 390 g/mol. The van der Waals surface area contributed by atoms with E-state index in [0.717, 1.165) is 5.56 Å². The van der Waals surface area contributed by atoms with Crippen molar-refractivity contribution in [2.75, 3.05) is 12.4 Å². The fourth-order valence-corrected chi connectivity index (χ4v) is 2.88. The van der Waals surface area contributed by atoms with Gasteiger partial charge in [-0.3, -0.25) is 9.59 Å². The van der Waals surface area contributed by atoms with Gasteiger partial charge in [-0.1, -0.05) is 60.1 Å². The van der Waals surface area contributed by atoms with Crippen LogP contribution in [0.25, 0.3) is 0 Å². The molecule has 0 heterocycles. The van der Waals surface area contributed by atoms with Gasteiger partial charge in [-0.25, -0.2) is 0 Å². The van der Waals surface area contributed by atoms with Crippen LogP contribution in [0.3, 0.4) is 0 Å². The van der Waals surface area contributed by atoms with Crippen molar-refractivity contribution >= 4 is 29.2 Å². The lowest BCUT2D eigenvalue weighted by Gasteiger charge is -2.18. The van der Waals surface area contributed by atoms with E-state index >= 15 is 0 Å². The summed E-state index contributed by atoms with van der Waals surface area (Å²) in [5, 5.41) is 3.36. The Morgan fingerprint density at radius 2 is 1.69 bits per heavy atom. The summed E-state index contributed by atoms with van der Waals surface area (Å²) >= 11 is 5.87. The summed E-state index contributed by atoms with van der Waals surface area (Å²) in [6.45, 7) is 0. The highest BCUT2D eigenvalue weighted by Crippen LogP contribution is 2.23. The highest BCUT2D eigenvalue weighted by molar-refractivity contribution is 6.30. The predicted molar refractivity (Wildman–Crippen MR) is 112 cm³/mol. The smallest absolute Gasteiger partial charge is 0.311 e. The molecule has 5 nitrogen and oxygen atoms in total. The zero-order valence-electron chi connectivity index (χ0n) is 15.8. The Hall–Kier alpha value is -3.31. The van der Waals surface area contributed by atoms with Gasteiger partial charge in [0, 0.05) is 22.3 Å². The van der Waals surface area contributed by atoms with Crippen molar-refractivity contribution in [2.24, 2.45) is 0 Å². The molecule has 0 saturated heterocycles. The maximum absolute atomic E-state index is 12.9. The van der Waals surface area contributed by atoms with E-state index in [-0.39, 0.29) is 6.42 Å². The molecule has 6 heteroatoms. The van der Waals surface area contributed by atoms with E-state index in [9.17, 15) is 9.59 Å². The molecule has 1 atom stereocenters. The number of rotatable bonds is 7. The van der Waals surface area contributed by atoms with Gasteiger partial charge in [0.05, 0.1) is 13.5 Å². The van der Waals surface area contributed by atoms with Crippen LogP contribution in [-0.4, -0.2) is 19.0 Å². The molecule has 0 saturated carbocycles. The molecule has 0 spiro atoms. The molecule has 0 aliphatic carbocycles. The fourth-order valence-electron chi connectivity index (χ4n) is 2.75. The molecule has 148 valence electrons. The van der Waals surface area contributed by atoms with E-state index in [1.54, 1.807) is 79.9 Å². The van der Waals surface area contributed by atoms with Gasteiger partial charge in [0.1, 0.15) is 5.75 Å². The zero-order valence-corrected chi connectivity index (χ0v) is 16.6. The van der Waals surface area contributed by atoms with Crippen molar-refractivity contribution in [1.82, 2.24) is 0 Å². The Morgan fingerprint density at radius 1 is 0.966 bits per heavy atom. The maximum Gasteiger partial charge on any atom is 0.311 e. The minimum Gasteiger partial charge on any atom is -0.497 e. The number of amides is 1. The number of carbonyl (C=O) groups excluding carboxylic acids is 2. The quantitative estimate of drug-likeness (QED) is 0.568. The Bertz CT molecular complexity index is 974. The number of carbonyl (C=O) groups is 2. The standard InChI is InChI=1S/C23H20ClNO4/c1-28-20-9-5-8-19(15-20)25-23(27)22(17-6-3-2-4-7-17)29-21(26)14-16-10-12-18(24)13-11-16/h2-13,15,22H,14H2,1H3,(H,25,27)/t22-/m0/s1. The monoisotopic (exact) mass is 409 g/mol. The van der Waals surface area contributed by atoms with Crippen LogP contribution in [-0.2, 0) is 20.7 Å². The number of hydrogen-bond acceptors (Lipinski definition) is 4. The third-order valence-corrected chi connectivity index (χ3v) is 4.44. The second-order valence-electron chi connectivity index (χ2n) is 6.31. The van der Waals surface area contributed by atoms with E-state index in [1.807, 2.05) is 6.07 Å². The van der Waals surface area contributed by atoms with Gasteiger partial charge in [-0.15, -0.1) is 0 Å². The SMILES string of the molecule is COc1cccc(NC(=O)[C@@H](OC(=O)Cc2ccc(Cl)cc2)c2ccccc2)c1. The predicted octanol–water partition coefficient (Wildman–Crippen LogP) is 4.81. The molecule has 0 unspecified atom stereocenters. The van der Waals surface area contributed by atoms with Gasteiger partial charge < -0.3 is 14.8 Å². The van der Waals surface area contributed by atoms with E-state index in [2.05, 4.69) is 5.32 Å². The molecule has 0 aromatic heterocycles. The lowest BCUT2D eigenvalue weighted by atomic mass is 10.1. The van der Waals surface area contributed by atoms with Crippen LogP contribution < -0.4 is 10.1 Å². The van der Waals surface area contributed by atoms with Crippen LogP contribution in [0.15, 0.2) is 78.9 Å². The Morgan fingerprint density at radius 3 is 2.38 bits per heavy atom. The lowest BCUT2D eigenvalue weighted by Crippen LogP contribution is -2.26. The first-order valence-electron chi connectivity index (χ1n) is 8.99. The third-order valence-electron chi connectivity index (χ3n) is 4.19. The van der Waals surface area contributed by atoms with Crippen molar-refractivity contribution in [3.8, 4) is 5.75 Å². The Labute approximate surface area is 174 Å². The summed E-state index contributed by atoms with van der Waals surface area (Å²) in [4.78, 5) is 25.4. The first-order chi connectivity index (χ1) is 14.0. The number of nitrogens with one attached hydrogen (secondary N) is 1. The number of benzene rings is 3. The average molecular weight is 410 g/mol. The van der Waals surface area contributed by atoms with Crippen molar-refractivity contribution in [3.05, 3.63) is 95.0 Å². The molecule has 3 rings (SSSR count). The molecule has 0 bridgehead atoms. The van der Waals surface area contributed by atoms with Crippen LogP contribution in [0.1, 0.15) is 17.2 Å². The Kier molecular flexibility index (Phi) is 6.87. The number of halogens is 1. The van der Waals surface area contributed by atoms with E-state index < -0.39 is 18.0 Å². The highest BCUT2D eigenvalue weighted by atomic mass is 35.5. The van der Waals surface area contributed by atoms with Crippen molar-refractivity contribution in [2.45, 2.75) is 12.5 Å². The van der Waals surface area contributed by atoms with E-state index in [4.69, 9.17) is 21.1 Å². The topological polar surface area (TPSA) is 64.6 Å². The van der Waals surface area contributed by atoms with Gasteiger partial charge in [0.2, 0.25) is 6.10 Å². The molecule has 29 heavy (non-hydrogen) atoms. The largest absolute Gasteiger partial charge is 0.497 e. The van der Waals surface area contributed by atoms with Gasteiger partial charge >= 0.3 is 5.97 Å². The van der Waals surface area contributed by atoms with Gasteiger partial charge in [0.25, 0.3) is 5.91 Å². The zero-order chi connectivity index (χ0) is 20.6. The molecule has 0 radical (unpaired) electrons. The number of methoxy groups -OCH3 is 1. The first-order valence-corrected chi connectivity index (χ1v) is 9.37. The van der Waals surface area contributed by atoms with Crippen LogP contribution in [0.5, 0.6) is 5.75 Å². The number of esters is 1. The molecule has 0 fully saturated rings. The number of ether oxygens (including phenoxy) is 2. The summed E-state index contributed by atoms with van der Waals surface area (Å²) in [6.07, 6.45) is -1.05. The first kappa shape index (κ1) is 20.4. The second-order valence-corrected chi connectivity index (χ2v) is 6.74. The highest BCUT2D eigenvalue weighted by Gasteiger charge is 2.25. The van der Waals surface area contributed by atoms with Crippen LogP contribution in [0, 0.1) is 0 Å². The summed E-state index contributed by atoms with van der Waals surface area (Å²) in [5.41, 5.74) is 1.88. The van der Waals surface area contributed by atoms with Gasteiger partial charge in [-0.2, -0.15) is 0 Å². The van der Waals surface area contributed by atoms with Gasteiger partial charge in [-0.05, 0) is 29.8 Å². The summed E-state index contributed by atoms with van der Waals surface area (Å²) in [5.74, 6) is -0.352. The lowest BCUT2D eigenvalue weighted by molar-refractivity contribution is -0.154. The van der Waals surface area contributed by atoms with Crippen LogP contribution >= 0.6 is 11.6 Å². The summed E-state index contributed by atoms with van der Waals surface area (Å²) < 4.78 is 10.7. The molecule has 0 aliphatic heterocycles. The van der Waals surface area contributed by atoms with E-state index in [0.29, 0.717) is 22.0 Å². The van der Waals surface area contributed by atoms with E-state index in [1.165, 1.54) is 0 Å². The second kappa shape index (κ2) is 9.75. The number of hydrogen-bond donors (Lipinski definition) is 1. The Balaban J connectivity index is 1.76. The van der Waals surface area contributed by atoms with Crippen molar-refractivity contribution in [1.29, 1.82) is 0 Å². The summed E-state index contributed by atoms with van der Waals surface area (Å²) in [7, 11) is 1.55. The van der Waals surface area contributed by atoms with Crippen molar-refractivity contribution in [3.63, 3.8) is 0 Å². The van der Waals surface area contributed by atoms with Crippen LogP contribution in [0.4, 0.5) is 5.69 Å². The maximum atomic E-state index is 12.9. The molecule has 0 aliphatic rings. The molecular formula is C23H20ClNO4. The average Bonchev–Trinajstić information content (AvgIpc) is 2.74. The minimum atomic E-state index is -1.08. The van der Waals surface area contributed by atoms with Crippen molar-refractivity contribution < 1.29 is 19.1 Å². The minimum absolute atomic E-state index is 0.0347. The molecule has 3 aromatic carbocycles. The number of anilines is 1. The molecule has 1 amide bonds. The summed E-state index contributed by atoms with van der Waals surface area (Å²) in [6, 6.07) is 22.7. The molecule has 1 N–H and O–H groups in total. The van der Waals surface area contributed by atoms with Crippen LogP contribution in [0.2, 0.25) is 5.02 Å². The molecule has 3 aromatic rings. The third kappa shape index (κ3) is 5.83. The normalized spacial score (nSPS) is 11.4. The van der Waals surface area contributed by atoms with Gasteiger partial charge in [0.15, 0.2) is 0 Å². The fraction of sp³-hybridized carbons (Fsp3) is 0.130.